The molecule has 5 nitrogen and oxygen atoms in total. The number of nitrogens with one attached hydrogen (secondary N) is 2. The third-order valence-electron chi connectivity index (χ3n) is 3.65. The summed E-state index contributed by atoms with van der Waals surface area (Å²) in [5, 5.41) is 6.09. The molecule has 0 radical (unpaired) electrons. The molecule has 2 aromatic rings. The molecule has 0 aliphatic rings. The topological polar surface area (TPSA) is 67.4 Å². The molecule has 0 spiro atoms. The van der Waals surface area contributed by atoms with Gasteiger partial charge in [0.2, 0.25) is 5.91 Å². The second kappa shape index (κ2) is 8.15. The minimum atomic E-state index is -0.366. The van der Waals surface area contributed by atoms with Crippen molar-refractivity contribution in [3.8, 4) is 0 Å². The number of ether oxygens (including phenoxy) is 1. The van der Waals surface area contributed by atoms with Gasteiger partial charge in [-0.2, -0.15) is 0 Å². The second-order valence-corrected chi connectivity index (χ2v) is 5.61. The molecule has 0 unspecified atom stereocenters. The first-order chi connectivity index (χ1) is 11.5. The zero-order valence-corrected chi connectivity index (χ0v) is 14.2. The summed E-state index contributed by atoms with van der Waals surface area (Å²) in [6, 6.07) is 12.9. The molecule has 0 aliphatic heterocycles. The SMILES string of the molecule is COC(=O)c1ccc(NCCC(=O)Nc2cc(C)ccc2C)cc1. The fraction of sp³-hybridized carbons (Fsp3) is 0.263. The second-order valence-electron chi connectivity index (χ2n) is 5.61. The highest BCUT2D eigenvalue weighted by atomic mass is 16.5. The number of hydrogen-bond acceptors (Lipinski definition) is 4. The minimum Gasteiger partial charge on any atom is -0.465 e. The third kappa shape index (κ3) is 4.84. The Morgan fingerprint density at radius 2 is 1.75 bits per heavy atom. The van der Waals surface area contributed by atoms with Crippen LogP contribution in [-0.4, -0.2) is 25.5 Å². The van der Waals surface area contributed by atoms with Gasteiger partial charge < -0.3 is 15.4 Å². The molecule has 0 aromatic heterocycles. The molecule has 0 saturated heterocycles. The van der Waals surface area contributed by atoms with Crippen LogP contribution in [0.3, 0.4) is 0 Å². The average Bonchev–Trinajstić information content (AvgIpc) is 2.58. The number of carbonyl (C=O) groups excluding carboxylic acids is 2. The van der Waals surface area contributed by atoms with Crippen LogP contribution in [0.15, 0.2) is 42.5 Å². The number of carbonyl (C=O) groups is 2. The summed E-state index contributed by atoms with van der Waals surface area (Å²) in [4.78, 5) is 23.4. The molecule has 0 fully saturated rings. The van der Waals surface area contributed by atoms with Crippen LogP contribution >= 0.6 is 0 Å². The maximum absolute atomic E-state index is 12.0. The van der Waals surface area contributed by atoms with Crippen molar-refractivity contribution in [2.75, 3.05) is 24.3 Å². The fourth-order valence-electron chi connectivity index (χ4n) is 2.25. The molecule has 1 amide bonds. The van der Waals surface area contributed by atoms with Crippen LogP contribution < -0.4 is 10.6 Å². The Bertz CT molecular complexity index is 724. The number of benzene rings is 2. The van der Waals surface area contributed by atoms with Crippen molar-refractivity contribution < 1.29 is 14.3 Å². The molecule has 2 aromatic carbocycles. The Morgan fingerprint density at radius 1 is 1.04 bits per heavy atom. The van der Waals surface area contributed by atoms with Crippen molar-refractivity contribution in [1.82, 2.24) is 0 Å². The predicted molar refractivity (Wildman–Crippen MR) is 95.4 cm³/mol. The van der Waals surface area contributed by atoms with E-state index in [1.807, 2.05) is 32.0 Å². The Hall–Kier alpha value is -2.82. The quantitative estimate of drug-likeness (QED) is 0.797. The van der Waals surface area contributed by atoms with E-state index in [0.29, 0.717) is 18.5 Å². The van der Waals surface area contributed by atoms with Crippen LogP contribution in [0.4, 0.5) is 11.4 Å². The van der Waals surface area contributed by atoms with Crippen LogP contribution in [-0.2, 0) is 9.53 Å². The molecule has 24 heavy (non-hydrogen) atoms. The van der Waals surface area contributed by atoms with E-state index in [2.05, 4.69) is 15.4 Å². The molecule has 126 valence electrons. The number of aryl methyl sites for hydroxylation is 2. The summed E-state index contributed by atoms with van der Waals surface area (Å²) in [6.07, 6.45) is 0.353. The molecule has 0 heterocycles. The van der Waals surface area contributed by atoms with Crippen LogP contribution in [0.2, 0.25) is 0 Å². The maximum atomic E-state index is 12.0. The number of amides is 1. The van der Waals surface area contributed by atoms with E-state index < -0.39 is 0 Å². The van der Waals surface area contributed by atoms with Gasteiger partial charge in [0.05, 0.1) is 12.7 Å². The summed E-state index contributed by atoms with van der Waals surface area (Å²) in [5.74, 6) is -0.406. The van der Waals surface area contributed by atoms with Crippen molar-refractivity contribution >= 4 is 23.3 Å². The Morgan fingerprint density at radius 3 is 2.42 bits per heavy atom. The van der Waals surface area contributed by atoms with Gasteiger partial charge in [0.25, 0.3) is 0 Å². The lowest BCUT2D eigenvalue weighted by Gasteiger charge is -2.10. The first kappa shape index (κ1) is 17.5. The molecule has 0 bridgehead atoms. The van der Waals surface area contributed by atoms with E-state index in [-0.39, 0.29) is 11.9 Å². The molecule has 0 aliphatic carbocycles. The molecule has 2 rings (SSSR count). The van der Waals surface area contributed by atoms with Crippen LogP contribution in [0.1, 0.15) is 27.9 Å². The van der Waals surface area contributed by atoms with Gasteiger partial charge in [-0.05, 0) is 55.3 Å². The highest BCUT2D eigenvalue weighted by Gasteiger charge is 2.06. The number of esters is 1. The smallest absolute Gasteiger partial charge is 0.337 e. The highest BCUT2D eigenvalue weighted by molar-refractivity contribution is 5.92. The minimum absolute atomic E-state index is 0.0395. The lowest BCUT2D eigenvalue weighted by atomic mass is 10.1. The van der Waals surface area contributed by atoms with Gasteiger partial charge in [-0.1, -0.05) is 12.1 Å². The van der Waals surface area contributed by atoms with Crippen molar-refractivity contribution in [2.24, 2.45) is 0 Å². The molecule has 0 atom stereocenters. The van der Waals surface area contributed by atoms with Crippen molar-refractivity contribution in [2.45, 2.75) is 20.3 Å². The Balaban J connectivity index is 1.82. The first-order valence-electron chi connectivity index (χ1n) is 7.79. The normalized spacial score (nSPS) is 10.1. The average molecular weight is 326 g/mol. The largest absolute Gasteiger partial charge is 0.465 e. The van der Waals surface area contributed by atoms with E-state index >= 15 is 0 Å². The highest BCUT2D eigenvalue weighted by Crippen LogP contribution is 2.16. The van der Waals surface area contributed by atoms with E-state index in [4.69, 9.17) is 0 Å². The van der Waals surface area contributed by atoms with E-state index in [9.17, 15) is 9.59 Å². The maximum Gasteiger partial charge on any atom is 0.337 e. The van der Waals surface area contributed by atoms with Gasteiger partial charge in [-0.3, -0.25) is 4.79 Å². The zero-order valence-electron chi connectivity index (χ0n) is 14.2. The summed E-state index contributed by atoms with van der Waals surface area (Å²) in [7, 11) is 1.35. The van der Waals surface area contributed by atoms with E-state index in [1.165, 1.54) is 7.11 Å². The molecule has 2 N–H and O–H groups in total. The third-order valence-corrected chi connectivity index (χ3v) is 3.65. The number of hydrogen-bond donors (Lipinski definition) is 2. The van der Waals surface area contributed by atoms with Gasteiger partial charge in [-0.15, -0.1) is 0 Å². The van der Waals surface area contributed by atoms with Gasteiger partial charge in [0, 0.05) is 24.3 Å². The van der Waals surface area contributed by atoms with Crippen LogP contribution in [0.25, 0.3) is 0 Å². The molecule has 5 heteroatoms. The van der Waals surface area contributed by atoms with Crippen molar-refractivity contribution in [3.05, 3.63) is 59.2 Å². The lowest BCUT2D eigenvalue weighted by Crippen LogP contribution is -2.17. The van der Waals surface area contributed by atoms with Gasteiger partial charge >= 0.3 is 5.97 Å². The zero-order chi connectivity index (χ0) is 17.5. The van der Waals surface area contributed by atoms with Crippen molar-refractivity contribution in [3.63, 3.8) is 0 Å². The monoisotopic (exact) mass is 326 g/mol. The van der Waals surface area contributed by atoms with Gasteiger partial charge in [-0.25, -0.2) is 4.79 Å². The van der Waals surface area contributed by atoms with Crippen molar-refractivity contribution in [1.29, 1.82) is 0 Å². The Labute approximate surface area is 142 Å². The lowest BCUT2D eigenvalue weighted by molar-refractivity contribution is -0.115. The number of rotatable bonds is 6. The summed E-state index contributed by atoms with van der Waals surface area (Å²) >= 11 is 0. The number of methoxy groups -OCH3 is 1. The molecular formula is C19H22N2O3. The van der Waals surface area contributed by atoms with Crippen LogP contribution in [0.5, 0.6) is 0 Å². The fourth-order valence-corrected chi connectivity index (χ4v) is 2.25. The number of anilines is 2. The summed E-state index contributed by atoms with van der Waals surface area (Å²) in [6.45, 7) is 4.47. The van der Waals surface area contributed by atoms with E-state index in [0.717, 1.165) is 22.5 Å². The predicted octanol–water partition coefficient (Wildman–Crippen LogP) is 3.53. The van der Waals surface area contributed by atoms with Gasteiger partial charge in [0.15, 0.2) is 0 Å². The standard InChI is InChI=1S/C19H22N2O3/c1-13-4-5-14(2)17(12-13)21-18(22)10-11-20-16-8-6-15(7-9-16)19(23)24-3/h4-9,12,20H,10-11H2,1-3H3,(H,21,22). The summed E-state index contributed by atoms with van der Waals surface area (Å²) in [5.41, 5.74) is 4.35. The van der Waals surface area contributed by atoms with E-state index in [1.54, 1.807) is 24.3 Å². The molecule has 0 saturated carbocycles. The first-order valence-corrected chi connectivity index (χ1v) is 7.79. The van der Waals surface area contributed by atoms with Crippen LogP contribution in [0, 0.1) is 13.8 Å². The summed E-state index contributed by atoms with van der Waals surface area (Å²) < 4.78 is 4.65. The molecular weight excluding hydrogens is 304 g/mol. The Kier molecular flexibility index (Phi) is 5.95. The van der Waals surface area contributed by atoms with Gasteiger partial charge in [0.1, 0.15) is 0 Å².